The quantitative estimate of drug-likeness (QED) is 0.849. The first-order valence-corrected chi connectivity index (χ1v) is 7.36. The summed E-state index contributed by atoms with van der Waals surface area (Å²) in [4.78, 5) is 12.2. The van der Waals surface area contributed by atoms with Gasteiger partial charge in [0.25, 0.3) is 5.91 Å². The molecule has 0 heterocycles. The van der Waals surface area contributed by atoms with Gasteiger partial charge in [0, 0.05) is 18.2 Å². The Kier molecular flexibility index (Phi) is 3.49. The van der Waals surface area contributed by atoms with Crippen molar-refractivity contribution in [1.29, 1.82) is 0 Å². The van der Waals surface area contributed by atoms with Crippen molar-refractivity contribution in [1.82, 2.24) is 5.32 Å². The van der Waals surface area contributed by atoms with E-state index < -0.39 is 0 Å². The van der Waals surface area contributed by atoms with Crippen molar-refractivity contribution in [3.8, 4) is 0 Å². The highest BCUT2D eigenvalue weighted by atomic mass is 79.9. The molecule has 0 radical (unpaired) electrons. The Labute approximate surface area is 126 Å². The zero-order valence-corrected chi connectivity index (χ0v) is 12.5. The Balaban J connectivity index is 1.65. The molecule has 0 aromatic heterocycles. The monoisotopic (exact) mass is 330 g/mol. The molecule has 1 atom stereocenters. The van der Waals surface area contributed by atoms with Crippen LogP contribution < -0.4 is 11.1 Å². The SMILES string of the molecule is Nc1cccc(C(=O)NCC2Cc3ccccc32)c1Br. The standard InChI is InChI=1S/C16H15BrN2O/c17-15-13(6-3-7-14(15)18)16(20)19-9-11-8-10-4-1-2-5-12(10)11/h1-7,11H,8-9,18H2,(H,19,20). The number of carbonyl (C=O) groups excluding carboxylic acids is 1. The van der Waals surface area contributed by atoms with Crippen molar-refractivity contribution in [3.05, 3.63) is 63.6 Å². The Hall–Kier alpha value is -1.81. The molecule has 0 spiro atoms. The van der Waals surface area contributed by atoms with Crippen LogP contribution in [0.2, 0.25) is 0 Å². The molecule has 102 valence electrons. The van der Waals surface area contributed by atoms with E-state index in [0.29, 0.717) is 28.2 Å². The van der Waals surface area contributed by atoms with Crippen molar-refractivity contribution >= 4 is 27.5 Å². The summed E-state index contributed by atoms with van der Waals surface area (Å²) >= 11 is 3.36. The molecule has 1 aliphatic carbocycles. The molecule has 1 aliphatic rings. The molecule has 0 saturated carbocycles. The second kappa shape index (κ2) is 5.29. The molecule has 0 fully saturated rings. The molecule has 3 N–H and O–H groups in total. The van der Waals surface area contributed by atoms with Crippen LogP contribution >= 0.6 is 15.9 Å². The third-order valence-corrected chi connectivity index (χ3v) is 4.63. The van der Waals surface area contributed by atoms with Crippen molar-refractivity contribution in [3.63, 3.8) is 0 Å². The van der Waals surface area contributed by atoms with Crippen LogP contribution in [0.25, 0.3) is 0 Å². The Bertz CT molecular complexity index is 669. The Morgan fingerprint density at radius 2 is 2.05 bits per heavy atom. The average molecular weight is 331 g/mol. The summed E-state index contributed by atoms with van der Waals surface area (Å²) in [6.45, 7) is 0.664. The highest BCUT2D eigenvalue weighted by molar-refractivity contribution is 9.10. The first-order chi connectivity index (χ1) is 9.66. The molecule has 0 bridgehead atoms. The van der Waals surface area contributed by atoms with Gasteiger partial charge < -0.3 is 11.1 Å². The minimum atomic E-state index is -0.0893. The second-order valence-electron chi connectivity index (χ2n) is 5.02. The fourth-order valence-corrected chi connectivity index (χ4v) is 3.03. The highest BCUT2D eigenvalue weighted by Gasteiger charge is 2.25. The lowest BCUT2D eigenvalue weighted by Gasteiger charge is -2.30. The fraction of sp³-hybridized carbons (Fsp3) is 0.188. The molecule has 0 aliphatic heterocycles. The summed E-state index contributed by atoms with van der Waals surface area (Å²) in [6, 6.07) is 13.7. The first-order valence-electron chi connectivity index (χ1n) is 6.57. The zero-order chi connectivity index (χ0) is 14.1. The van der Waals surface area contributed by atoms with Gasteiger partial charge in [0.05, 0.1) is 10.0 Å². The zero-order valence-electron chi connectivity index (χ0n) is 10.9. The van der Waals surface area contributed by atoms with E-state index in [4.69, 9.17) is 5.73 Å². The number of hydrogen-bond acceptors (Lipinski definition) is 2. The molecule has 1 amide bonds. The maximum atomic E-state index is 12.2. The van der Waals surface area contributed by atoms with Crippen molar-refractivity contribution in [2.75, 3.05) is 12.3 Å². The van der Waals surface area contributed by atoms with Gasteiger partial charge in [0.1, 0.15) is 0 Å². The third-order valence-electron chi connectivity index (χ3n) is 3.74. The number of halogens is 1. The molecular formula is C16H15BrN2O. The van der Waals surface area contributed by atoms with E-state index in [9.17, 15) is 4.79 Å². The predicted molar refractivity (Wildman–Crippen MR) is 83.8 cm³/mol. The molecule has 4 heteroatoms. The number of hydrogen-bond donors (Lipinski definition) is 2. The van der Waals surface area contributed by atoms with Crippen LogP contribution in [-0.2, 0) is 6.42 Å². The van der Waals surface area contributed by atoms with E-state index in [0.717, 1.165) is 6.42 Å². The molecule has 3 nitrogen and oxygen atoms in total. The molecule has 20 heavy (non-hydrogen) atoms. The normalized spacial score (nSPS) is 16.1. The molecule has 1 unspecified atom stereocenters. The van der Waals surface area contributed by atoms with Crippen LogP contribution in [0.3, 0.4) is 0 Å². The summed E-state index contributed by atoms with van der Waals surface area (Å²) < 4.78 is 0.659. The van der Waals surface area contributed by atoms with Crippen LogP contribution in [0.15, 0.2) is 46.9 Å². The van der Waals surface area contributed by atoms with Crippen LogP contribution in [-0.4, -0.2) is 12.5 Å². The van der Waals surface area contributed by atoms with Crippen LogP contribution in [0, 0.1) is 0 Å². The number of benzene rings is 2. The number of nitrogen functional groups attached to an aromatic ring is 1. The van der Waals surface area contributed by atoms with Gasteiger partial charge in [0.2, 0.25) is 0 Å². The average Bonchev–Trinajstić information content (AvgIpc) is 2.42. The number of rotatable bonds is 3. The van der Waals surface area contributed by atoms with Gasteiger partial charge in [-0.15, -0.1) is 0 Å². The van der Waals surface area contributed by atoms with Gasteiger partial charge >= 0.3 is 0 Å². The van der Waals surface area contributed by atoms with E-state index in [1.165, 1.54) is 11.1 Å². The Morgan fingerprint density at radius 1 is 1.25 bits per heavy atom. The number of amides is 1. The van der Waals surface area contributed by atoms with E-state index in [1.54, 1.807) is 18.2 Å². The van der Waals surface area contributed by atoms with Crippen LogP contribution in [0.4, 0.5) is 5.69 Å². The van der Waals surface area contributed by atoms with Gasteiger partial charge in [-0.1, -0.05) is 30.3 Å². The summed E-state index contributed by atoms with van der Waals surface area (Å²) in [5, 5.41) is 2.99. The summed E-state index contributed by atoms with van der Waals surface area (Å²) in [5.74, 6) is 0.337. The largest absolute Gasteiger partial charge is 0.398 e. The highest BCUT2D eigenvalue weighted by Crippen LogP contribution is 2.34. The van der Waals surface area contributed by atoms with Crippen molar-refractivity contribution in [2.45, 2.75) is 12.3 Å². The van der Waals surface area contributed by atoms with Crippen LogP contribution in [0.5, 0.6) is 0 Å². The lowest BCUT2D eigenvalue weighted by molar-refractivity contribution is 0.0949. The number of nitrogens with two attached hydrogens (primary N) is 1. The van der Waals surface area contributed by atoms with Crippen molar-refractivity contribution < 1.29 is 4.79 Å². The number of anilines is 1. The predicted octanol–water partition coefficient (Wildman–Crippen LogP) is 3.10. The molecule has 0 saturated heterocycles. The molecular weight excluding hydrogens is 316 g/mol. The van der Waals surface area contributed by atoms with Gasteiger partial charge in [-0.3, -0.25) is 4.79 Å². The van der Waals surface area contributed by atoms with Crippen LogP contribution in [0.1, 0.15) is 27.4 Å². The number of carbonyl (C=O) groups is 1. The van der Waals surface area contributed by atoms with E-state index in [1.807, 2.05) is 6.07 Å². The molecule has 2 aromatic carbocycles. The van der Waals surface area contributed by atoms with Gasteiger partial charge in [-0.05, 0) is 45.6 Å². The maximum Gasteiger partial charge on any atom is 0.252 e. The lowest BCUT2D eigenvalue weighted by Crippen LogP contribution is -2.33. The van der Waals surface area contributed by atoms with Gasteiger partial charge in [-0.25, -0.2) is 0 Å². The Morgan fingerprint density at radius 3 is 2.85 bits per heavy atom. The van der Waals surface area contributed by atoms with E-state index >= 15 is 0 Å². The fourth-order valence-electron chi connectivity index (χ4n) is 2.58. The summed E-state index contributed by atoms with van der Waals surface area (Å²) in [5.41, 5.74) is 9.68. The minimum absolute atomic E-state index is 0.0893. The van der Waals surface area contributed by atoms with Gasteiger partial charge in [0.15, 0.2) is 0 Å². The lowest BCUT2D eigenvalue weighted by atomic mass is 9.77. The van der Waals surface area contributed by atoms with Gasteiger partial charge in [-0.2, -0.15) is 0 Å². The summed E-state index contributed by atoms with van der Waals surface area (Å²) in [6.07, 6.45) is 1.04. The topological polar surface area (TPSA) is 55.1 Å². The van der Waals surface area contributed by atoms with E-state index in [-0.39, 0.29) is 5.91 Å². The second-order valence-corrected chi connectivity index (χ2v) is 5.81. The number of nitrogens with one attached hydrogen (secondary N) is 1. The van der Waals surface area contributed by atoms with Crippen molar-refractivity contribution in [2.24, 2.45) is 0 Å². The summed E-state index contributed by atoms with van der Waals surface area (Å²) in [7, 11) is 0. The third kappa shape index (κ3) is 2.31. The smallest absolute Gasteiger partial charge is 0.252 e. The molecule has 3 rings (SSSR count). The first kappa shape index (κ1) is 13.2. The number of fused-ring (bicyclic) bond motifs is 1. The van der Waals surface area contributed by atoms with E-state index in [2.05, 4.69) is 39.4 Å². The minimum Gasteiger partial charge on any atom is -0.398 e. The maximum absolute atomic E-state index is 12.2. The molecule has 2 aromatic rings.